The van der Waals surface area contributed by atoms with Crippen molar-refractivity contribution in [2.45, 2.75) is 64.3 Å². The molecule has 0 spiro atoms. The zero-order valence-corrected chi connectivity index (χ0v) is 18.3. The Morgan fingerprint density at radius 2 is 1.70 bits per heavy atom. The summed E-state index contributed by atoms with van der Waals surface area (Å²) in [6.07, 6.45) is 9.19. The number of quaternary nitrogens is 1. The Morgan fingerprint density at radius 3 is 2.30 bits per heavy atom. The molecule has 154 valence electrons. The van der Waals surface area contributed by atoms with Crippen LogP contribution in [0.5, 0.6) is 0 Å². The lowest BCUT2D eigenvalue weighted by Gasteiger charge is -2.28. The summed E-state index contributed by atoms with van der Waals surface area (Å²) < 4.78 is 7.22. The van der Waals surface area contributed by atoms with Crippen molar-refractivity contribution in [3.63, 3.8) is 0 Å². The average Bonchev–Trinajstić information content (AvgIpc) is 2.57. The second kappa shape index (κ2) is 13.0. The minimum Gasteiger partial charge on any atom is -0.481 e. The monoisotopic (exact) mass is 396 g/mol. The molecule has 27 heavy (non-hydrogen) atoms. The lowest BCUT2D eigenvalue weighted by atomic mass is 10.0. The number of rotatable bonds is 15. The maximum atomic E-state index is 11.0. The third-order valence-electron chi connectivity index (χ3n) is 4.36. The summed E-state index contributed by atoms with van der Waals surface area (Å²) in [6.45, 7) is 3.00. The van der Waals surface area contributed by atoms with Gasteiger partial charge in [-0.15, -0.1) is 0 Å². The van der Waals surface area contributed by atoms with Crippen molar-refractivity contribution >= 4 is 23.8 Å². The number of carbonyl (C=O) groups is 1. The SMILES string of the molecule is CCCCCCCCc1ccc(NSNC(CC(=O)O)C[N+](C)(C)C)cc1. The van der Waals surface area contributed by atoms with Crippen molar-refractivity contribution in [3.8, 4) is 0 Å². The van der Waals surface area contributed by atoms with Crippen LogP contribution in [0.1, 0.15) is 57.4 Å². The van der Waals surface area contributed by atoms with E-state index in [4.69, 9.17) is 5.11 Å². The van der Waals surface area contributed by atoms with Crippen molar-refractivity contribution < 1.29 is 14.4 Å². The molecule has 0 bridgehead atoms. The molecule has 5 nitrogen and oxygen atoms in total. The van der Waals surface area contributed by atoms with Gasteiger partial charge >= 0.3 is 5.97 Å². The van der Waals surface area contributed by atoms with Gasteiger partial charge in [-0.25, -0.2) is 4.72 Å². The minimum atomic E-state index is -0.777. The number of likely N-dealkylation sites (N-methyl/N-ethyl adjacent to an activating group) is 1. The Morgan fingerprint density at radius 1 is 1.07 bits per heavy atom. The van der Waals surface area contributed by atoms with E-state index in [-0.39, 0.29) is 12.5 Å². The van der Waals surface area contributed by atoms with E-state index in [0.717, 1.165) is 23.1 Å². The first kappa shape index (κ1) is 23.8. The fourth-order valence-corrected chi connectivity index (χ4v) is 3.67. The molecule has 1 aromatic rings. The Bertz CT molecular complexity index is 529. The third-order valence-corrected chi connectivity index (χ3v) is 5.15. The summed E-state index contributed by atoms with van der Waals surface area (Å²) >= 11 is 1.36. The standard InChI is InChI=1S/C21H37N3O2S/c1-5-6-7-8-9-10-11-18-12-14-19(15-13-18)22-27-23-20(16-21(25)26)17-24(2,3)4/h12-15,20,22-23H,5-11,16-17H2,1-4H3/p+1. The topological polar surface area (TPSA) is 61.4 Å². The van der Waals surface area contributed by atoms with Crippen LogP contribution in [0.4, 0.5) is 5.69 Å². The van der Waals surface area contributed by atoms with Crippen LogP contribution in [0, 0.1) is 0 Å². The molecular formula is C21H38N3O2S+. The summed E-state index contributed by atoms with van der Waals surface area (Å²) in [5.74, 6) is -0.777. The summed E-state index contributed by atoms with van der Waals surface area (Å²) in [5.41, 5.74) is 2.40. The van der Waals surface area contributed by atoms with Crippen LogP contribution in [0.2, 0.25) is 0 Å². The second-order valence-corrected chi connectivity index (χ2v) is 8.95. The van der Waals surface area contributed by atoms with Crippen molar-refractivity contribution in [1.82, 2.24) is 4.72 Å². The number of carboxylic acids is 1. The largest absolute Gasteiger partial charge is 0.481 e. The zero-order valence-electron chi connectivity index (χ0n) is 17.5. The highest BCUT2D eigenvalue weighted by Crippen LogP contribution is 2.16. The van der Waals surface area contributed by atoms with Gasteiger partial charge in [0.25, 0.3) is 0 Å². The molecule has 0 fully saturated rings. The molecule has 0 saturated carbocycles. The van der Waals surface area contributed by atoms with Crippen molar-refractivity contribution in [3.05, 3.63) is 29.8 Å². The van der Waals surface area contributed by atoms with Crippen LogP contribution in [-0.2, 0) is 11.2 Å². The fourth-order valence-electron chi connectivity index (χ4n) is 3.04. The Labute approximate surface area is 169 Å². The van der Waals surface area contributed by atoms with Crippen molar-refractivity contribution in [1.29, 1.82) is 0 Å². The van der Waals surface area contributed by atoms with Gasteiger partial charge in [-0.3, -0.25) is 4.79 Å². The highest BCUT2D eigenvalue weighted by Gasteiger charge is 2.20. The number of nitrogens with zero attached hydrogens (tertiary/aromatic N) is 1. The molecule has 0 aliphatic rings. The number of aryl methyl sites for hydroxylation is 1. The highest BCUT2D eigenvalue weighted by atomic mass is 32.2. The first-order valence-corrected chi connectivity index (χ1v) is 10.9. The number of unbranched alkanes of at least 4 members (excludes halogenated alkanes) is 5. The molecule has 0 saturated heterocycles. The van der Waals surface area contributed by atoms with Crippen LogP contribution in [0.3, 0.4) is 0 Å². The van der Waals surface area contributed by atoms with Gasteiger partial charge in [-0.2, -0.15) is 0 Å². The molecule has 3 N–H and O–H groups in total. The molecule has 1 unspecified atom stereocenters. The van der Waals surface area contributed by atoms with Crippen molar-refractivity contribution in [2.75, 3.05) is 32.4 Å². The van der Waals surface area contributed by atoms with Gasteiger partial charge < -0.3 is 14.3 Å². The number of carboxylic acid groups (broad SMARTS) is 1. The zero-order chi connectivity index (χ0) is 20.1. The maximum Gasteiger partial charge on any atom is 0.305 e. The van der Waals surface area contributed by atoms with E-state index < -0.39 is 5.97 Å². The van der Waals surface area contributed by atoms with Gasteiger partial charge in [-0.1, -0.05) is 51.2 Å². The molecule has 0 heterocycles. The summed E-state index contributed by atoms with van der Waals surface area (Å²) in [4.78, 5) is 11.0. The van der Waals surface area contributed by atoms with E-state index in [1.165, 1.54) is 56.2 Å². The molecule has 6 heteroatoms. The molecule has 1 aromatic carbocycles. The first-order chi connectivity index (χ1) is 12.8. The van der Waals surface area contributed by atoms with E-state index in [0.29, 0.717) is 0 Å². The number of benzene rings is 1. The van der Waals surface area contributed by atoms with Crippen LogP contribution in [0.25, 0.3) is 0 Å². The lowest BCUT2D eigenvalue weighted by molar-refractivity contribution is -0.871. The molecule has 0 aliphatic heterocycles. The van der Waals surface area contributed by atoms with Gasteiger partial charge in [0.05, 0.1) is 40.2 Å². The van der Waals surface area contributed by atoms with E-state index in [1.54, 1.807) is 0 Å². The van der Waals surface area contributed by atoms with Gasteiger partial charge in [0.2, 0.25) is 0 Å². The number of hydrogen-bond acceptors (Lipinski definition) is 4. The van der Waals surface area contributed by atoms with E-state index in [1.807, 2.05) is 0 Å². The van der Waals surface area contributed by atoms with Gasteiger partial charge in [-0.05, 0) is 30.5 Å². The van der Waals surface area contributed by atoms with Gasteiger partial charge in [0, 0.05) is 17.8 Å². The number of aliphatic carboxylic acids is 1. The number of nitrogens with one attached hydrogen (secondary N) is 2. The second-order valence-electron chi connectivity index (χ2n) is 8.30. The number of anilines is 1. The number of hydrogen-bond donors (Lipinski definition) is 3. The van der Waals surface area contributed by atoms with Gasteiger partial charge in [0.15, 0.2) is 0 Å². The minimum absolute atomic E-state index is 0.0908. The molecule has 0 aliphatic carbocycles. The maximum absolute atomic E-state index is 11.0. The Hall–Kier alpha value is -1.24. The molecular weight excluding hydrogens is 358 g/mol. The highest BCUT2D eigenvalue weighted by molar-refractivity contribution is 7.98. The predicted molar refractivity (Wildman–Crippen MR) is 117 cm³/mol. The Kier molecular flexibility index (Phi) is 11.5. The van der Waals surface area contributed by atoms with Crippen LogP contribution >= 0.6 is 12.1 Å². The molecule has 0 aromatic heterocycles. The van der Waals surface area contributed by atoms with Crippen LogP contribution in [-0.4, -0.2) is 49.3 Å². The predicted octanol–water partition coefficient (Wildman–Crippen LogP) is 4.70. The van der Waals surface area contributed by atoms with Crippen molar-refractivity contribution in [2.24, 2.45) is 0 Å². The van der Waals surface area contributed by atoms with E-state index in [9.17, 15) is 4.79 Å². The van der Waals surface area contributed by atoms with Crippen LogP contribution < -0.4 is 9.44 Å². The average molecular weight is 397 g/mol. The normalized spacial score (nSPS) is 12.7. The molecule has 1 rings (SSSR count). The smallest absolute Gasteiger partial charge is 0.305 e. The summed E-state index contributed by atoms with van der Waals surface area (Å²) in [6, 6.07) is 8.44. The van der Waals surface area contributed by atoms with Crippen LogP contribution in [0.15, 0.2) is 24.3 Å². The van der Waals surface area contributed by atoms with Gasteiger partial charge in [0.1, 0.15) is 0 Å². The van der Waals surface area contributed by atoms with E-state index >= 15 is 0 Å². The lowest BCUT2D eigenvalue weighted by Crippen LogP contribution is -2.46. The summed E-state index contributed by atoms with van der Waals surface area (Å²) in [7, 11) is 6.20. The fraction of sp³-hybridized carbons (Fsp3) is 0.667. The summed E-state index contributed by atoms with van der Waals surface area (Å²) in [5, 5.41) is 9.08. The quantitative estimate of drug-likeness (QED) is 0.228. The Balaban J connectivity index is 2.32. The molecule has 0 amide bonds. The third kappa shape index (κ3) is 12.7. The van der Waals surface area contributed by atoms with E-state index in [2.05, 4.69) is 61.8 Å². The molecule has 0 radical (unpaired) electrons. The first-order valence-electron chi connectivity index (χ1n) is 10.1. The molecule has 1 atom stereocenters.